The van der Waals surface area contributed by atoms with Gasteiger partial charge in [-0.05, 0) is 30.0 Å². The van der Waals surface area contributed by atoms with Gasteiger partial charge in [-0.1, -0.05) is 66.2 Å². The van der Waals surface area contributed by atoms with E-state index in [1.807, 2.05) is 0 Å². The van der Waals surface area contributed by atoms with Gasteiger partial charge in [0.1, 0.15) is 0 Å². The summed E-state index contributed by atoms with van der Waals surface area (Å²) in [6.45, 7) is 5.42. The van der Waals surface area contributed by atoms with Crippen molar-refractivity contribution in [1.82, 2.24) is 4.90 Å². The molecule has 3 rings (SSSR count). The maximum atomic E-state index is 2.51. The van der Waals surface area contributed by atoms with E-state index >= 15 is 0 Å². The van der Waals surface area contributed by atoms with E-state index < -0.39 is 0 Å². The van der Waals surface area contributed by atoms with Crippen molar-refractivity contribution >= 4 is 5.57 Å². The van der Waals surface area contributed by atoms with Gasteiger partial charge in [-0.25, -0.2) is 0 Å². The maximum absolute atomic E-state index is 2.51. The van der Waals surface area contributed by atoms with E-state index in [9.17, 15) is 0 Å². The molecule has 0 bridgehead atoms. The van der Waals surface area contributed by atoms with Crippen molar-refractivity contribution in [2.24, 2.45) is 0 Å². The molecule has 102 valence electrons. The monoisotopic (exact) mass is 263 g/mol. The summed E-state index contributed by atoms with van der Waals surface area (Å²) < 4.78 is 0. The molecule has 0 aliphatic carbocycles. The molecule has 0 aromatic heterocycles. The van der Waals surface area contributed by atoms with Crippen LogP contribution in [0, 0.1) is 6.92 Å². The van der Waals surface area contributed by atoms with Crippen LogP contribution in [0.3, 0.4) is 0 Å². The molecule has 2 aromatic rings. The molecule has 0 amide bonds. The largest absolute Gasteiger partial charge is 0.295 e. The third kappa shape index (κ3) is 3.17. The molecule has 0 spiro atoms. The second-order valence-corrected chi connectivity index (χ2v) is 5.57. The fourth-order valence-electron chi connectivity index (χ4n) is 2.80. The smallest absolute Gasteiger partial charge is 0.0237 e. The first-order chi connectivity index (χ1) is 9.81. The van der Waals surface area contributed by atoms with Gasteiger partial charge >= 0.3 is 0 Å². The van der Waals surface area contributed by atoms with E-state index in [1.54, 1.807) is 0 Å². The average Bonchev–Trinajstić information content (AvgIpc) is 2.49. The summed E-state index contributed by atoms with van der Waals surface area (Å²) in [7, 11) is 0. The van der Waals surface area contributed by atoms with Crippen LogP contribution >= 0.6 is 0 Å². The minimum absolute atomic E-state index is 1.05. The Morgan fingerprint density at radius 3 is 2.55 bits per heavy atom. The van der Waals surface area contributed by atoms with Crippen LogP contribution in [0.25, 0.3) is 5.57 Å². The van der Waals surface area contributed by atoms with Gasteiger partial charge in [-0.3, -0.25) is 4.90 Å². The first-order valence-corrected chi connectivity index (χ1v) is 7.33. The van der Waals surface area contributed by atoms with Crippen molar-refractivity contribution in [2.45, 2.75) is 19.9 Å². The number of hydrogen-bond donors (Lipinski definition) is 0. The molecular weight excluding hydrogens is 242 g/mol. The van der Waals surface area contributed by atoms with Crippen molar-refractivity contribution in [3.8, 4) is 0 Å². The normalized spacial score (nSPS) is 15.9. The summed E-state index contributed by atoms with van der Waals surface area (Å²) >= 11 is 0. The second-order valence-electron chi connectivity index (χ2n) is 5.57. The molecule has 0 saturated heterocycles. The van der Waals surface area contributed by atoms with E-state index in [0.29, 0.717) is 0 Å². The molecule has 0 radical (unpaired) electrons. The summed E-state index contributed by atoms with van der Waals surface area (Å²) in [6.07, 6.45) is 3.54. The van der Waals surface area contributed by atoms with Crippen LogP contribution in [0.15, 0.2) is 60.7 Å². The van der Waals surface area contributed by atoms with Gasteiger partial charge in [0.2, 0.25) is 0 Å². The molecule has 1 aliphatic heterocycles. The molecule has 0 N–H and O–H groups in total. The van der Waals surface area contributed by atoms with E-state index in [1.165, 1.54) is 22.3 Å². The van der Waals surface area contributed by atoms with Crippen LogP contribution in [0.4, 0.5) is 0 Å². The number of nitrogens with zero attached hydrogens (tertiary/aromatic N) is 1. The van der Waals surface area contributed by atoms with Crippen molar-refractivity contribution in [3.63, 3.8) is 0 Å². The van der Waals surface area contributed by atoms with Crippen LogP contribution in [0.1, 0.15) is 23.1 Å². The van der Waals surface area contributed by atoms with Gasteiger partial charge in [-0.15, -0.1) is 0 Å². The first-order valence-electron chi connectivity index (χ1n) is 7.33. The van der Waals surface area contributed by atoms with Gasteiger partial charge in [0.05, 0.1) is 0 Å². The third-order valence-corrected chi connectivity index (χ3v) is 3.93. The molecule has 0 atom stereocenters. The number of aryl methyl sites for hydroxylation is 1. The predicted octanol–water partition coefficient (Wildman–Crippen LogP) is 4.28. The fourth-order valence-corrected chi connectivity index (χ4v) is 2.80. The molecule has 0 fully saturated rings. The molecule has 1 heterocycles. The van der Waals surface area contributed by atoms with Crippen molar-refractivity contribution in [3.05, 3.63) is 77.4 Å². The molecule has 1 aliphatic rings. The Kier molecular flexibility index (Phi) is 3.98. The summed E-state index contributed by atoms with van der Waals surface area (Å²) in [5.41, 5.74) is 5.64. The van der Waals surface area contributed by atoms with Crippen molar-refractivity contribution < 1.29 is 0 Å². The van der Waals surface area contributed by atoms with Crippen LogP contribution < -0.4 is 0 Å². The Hall–Kier alpha value is -1.86. The highest BCUT2D eigenvalue weighted by Crippen LogP contribution is 2.23. The number of benzene rings is 2. The molecule has 0 unspecified atom stereocenters. The zero-order valence-corrected chi connectivity index (χ0v) is 12.0. The van der Waals surface area contributed by atoms with Gasteiger partial charge in [0.25, 0.3) is 0 Å². The summed E-state index contributed by atoms with van der Waals surface area (Å²) in [5.74, 6) is 0. The number of rotatable bonds is 3. The lowest BCUT2D eigenvalue weighted by atomic mass is 9.98. The second kappa shape index (κ2) is 6.06. The minimum atomic E-state index is 1.05. The lowest BCUT2D eigenvalue weighted by molar-refractivity contribution is 0.294. The summed E-state index contributed by atoms with van der Waals surface area (Å²) in [6, 6.07) is 19.6. The zero-order chi connectivity index (χ0) is 13.8. The SMILES string of the molecule is Cc1cccc(C2=CCN(Cc3ccccc3)CC2)c1. The standard InChI is InChI=1S/C19H21N/c1-16-6-5-9-19(14-16)18-10-12-20(13-11-18)15-17-7-3-2-4-8-17/h2-10,14H,11-13,15H2,1H3. The highest BCUT2D eigenvalue weighted by Gasteiger charge is 2.13. The maximum Gasteiger partial charge on any atom is 0.0237 e. The Morgan fingerprint density at radius 1 is 1.00 bits per heavy atom. The van der Waals surface area contributed by atoms with Crippen molar-refractivity contribution in [1.29, 1.82) is 0 Å². The molecule has 0 saturated carbocycles. The quantitative estimate of drug-likeness (QED) is 0.798. The van der Waals surface area contributed by atoms with Gasteiger partial charge in [0.15, 0.2) is 0 Å². The van der Waals surface area contributed by atoms with Crippen LogP contribution in [-0.2, 0) is 6.54 Å². The van der Waals surface area contributed by atoms with Gasteiger partial charge in [0, 0.05) is 19.6 Å². The molecule has 1 nitrogen and oxygen atoms in total. The van der Waals surface area contributed by atoms with E-state index in [0.717, 1.165) is 26.1 Å². The lowest BCUT2D eigenvalue weighted by Crippen LogP contribution is -2.27. The average molecular weight is 263 g/mol. The molecule has 2 aromatic carbocycles. The van der Waals surface area contributed by atoms with E-state index in [4.69, 9.17) is 0 Å². The number of hydrogen-bond acceptors (Lipinski definition) is 1. The Bertz CT molecular complexity index is 598. The molecule has 20 heavy (non-hydrogen) atoms. The Labute approximate surface area is 121 Å². The highest BCUT2D eigenvalue weighted by atomic mass is 15.1. The molecular formula is C19H21N. The first kappa shape index (κ1) is 13.1. The van der Waals surface area contributed by atoms with E-state index in [2.05, 4.69) is 72.5 Å². The van der Waals surface area contributed by atoms with Gasteiger partial charge in [-0.2, -0.15) is 0 Å². The predicted molar refractivity (Wildman–Crippen MR) is 85.5 cm³/mol. The summed E-state index contributed by atoms with van der Waals surface area (Å²) in [5, 5.41) is 0. The van der Waals surface area contributed by atoms with Crippen LogP contribution in [0.5, 0.6) is 0 Å². The highest BCUT2D eigenvalue weighted by molar-refractivity contribution is 5.67. The molecule has 1 heteroatoms. The fraction of sp³-hybridized carbons (Fsp3) is 0.263. The van der Waals surface area contributed by atoms with Crippen LogP contribution in [-0.4, -0.2) is 18.0 Å². The zero-order valence-electron chi connectivity index (χ0n) is 12.0. The van der Waals surface area contributed by atoms with Gasteiger partial charge < -0.3 is 0 Å². The van der Waals surface area contributed by atoms with Crippen LogP contribution in [0.2, 0.25) is 0 Å². The Morgan fingerprint density at radius 2 is 1.85 bits per heavy atom. The minimum Gasteiger partial charge on any atom is -0.295 e. The Balaban J connectivity index is 1.66. The lowest BCUT2D eigenvalue weighted by Gasteiger charge is -2.26. The van der Waals surface area contributed by atoms with E-state index in [-0.39, 0.29) is 0 Å². The topological polar surface area (TPSA) is 3.24 Å². The summed E-state index contributed by atoms with van der Waals surface area (Å²) in [4.78, 5) is 2.51. The van der Waals surface area contributed by atoms with Crippen molar-refractivity contribution in [2.75, 3.05) is 13.1 Å². The third-order valence-electron chi connectivity index (χ3n) is 3.93.